The molecule has 1 amide bonds. The first kappa shape index (κ1) is 16.1. The number of H-pyrrole nitrogens is 1. The molecule has 0 aliphatic carbocycles. The normalized spacial score (nSPS) is 13.4. The molecule has 0 bridgehead atoms. The number of anilines is 2. The molecular weight excluding hydrogens is 328 g/mol. The highest BCUT2D eigenvalue weighted by atomic mass is 16.2. The Morgan fingerprint density at radius 2 is 1.65 bits per heavy atom. The lowest BCUT2D eigenvalue weighted by Gasteiger charge is -2.37. The van der Waals surface area contributed by atoms with Gasteiger partial charge >= 0.3 is 0 Å². The summed E-state index contributed by atoms with van der Waals surface area (Å²) in [5.41, 5.74) is 3.00. The van der Waals surface area contributed by atoms with Crippen molar-refractivity contribution in [1.29, 1.82) is 0 Å². The van der Waals surface area contributed by atoms with Gasteiger partial charge in [0, 0.05) is 25.7 Å². The van der Waals surface area contributed by atoms with E-state index in [4.69, 9.17) is 0 Å². The molecule has 6 nitrogen and oxygen atoms in total. The Balaban J connectivity index is 1.64. The number of aromatic nitrogens is 2. The Bertz CT molecular complexity index is 964. The van der Waals surface area contributed by atoms with Gasteiger partial charge in [-0.1, -0.05) is 42.5 Å². The van der Waals surface area contributed by atoms with Gasteiger partial charge in [-0.3, -0.25) is 9.59 Å². The van der Waals surface area contributed by atoms with Crippen molar-refractivity contribution < 1.29 is 4.79 Å². The Hall–Kier alpha value is -3.41. The van der Waals surface area contributed by atoms with Crippen LogP contribution in [0.4, 0.5) is 11.4 Å². The van der Waals surface area contributed by atoms with E-state index in [9.17, 15) is 9.59 Å². The molecule has 3 aromatic rings. The zero-order valence-corrected chi connectivity index (χ0v) is 14.1. The summed E-state index contributed by atoms with van der Waals surface area (Å²) >= 11 is 0. The van der Waals surface area contributed by atoms with Gasteiger partial charge in [0.25, 0.3) is 11.5 Å². The Kier molecular flexibility index (Phi) is 4.23. The van der Waals surface area contributed by atoms with E-state index >= 15 is 0 Å². The molecule has 130 valence electrons. The second kappa shape index (κ2) is 6.84. The van der Waals surface area contributed by atoms with Gasteiger partial charge in [0.15, 0.2) is 0 Å². The number of aromatic amines is 1. The van der Waals surface area contributed by atoms with Crippen molar-refractivity contribution in [2.75, 3.05) is 22.9 Å². The van der Waals surface area contributed by atoms with Gasteiger partial charge in [-0.15, -0.1) is 0 Å². The minimum Gasteiger partial charge on any atom is -0.364 e. The van der Waals surface area contributed by atoms with Gasteiger partial charge in [0.05, 0.1) is 11.4 Å². The maximum Gasteiger partial charge on any atom is 0.278 e. The molecule has 0 fully saturated rings. The molecule has 0 atom stereocenters. The van der Waals surface area contributed by atoms with Crippen LogP contribution in [0.2, 0.25) is 0 Å². The van der Waals surface area contributed by atoms with Crippen LogP contribution in [0.3, 0.4) is 0 Å². The van der Waals surface area contributed by atoms with Crippen LogP contribution in [0.25, 0.3) is 0 Å². The number of nitrogens with zero attached hydrogens (tertiary/aromatic N) is 3. The predicted octanol–water partition coefficient (Wildman–Crippen LogP) is 2.44. The van der Waals surface area contributed by atoms with Crippen molar-refractivity contribution in [2.45, 2.75) is 6.54 Å². The molecule has 0 saturated heterocycles. The molecular formula is C20H18N4O2. The van der Waals surface area contributed by atoms with E-state index in [1.165, 1.54) is 17.7 Å². The van der Waals surface area contributed by atoms with Crippen LogP contribution in [0.5, 0.6) is 0 Å². The molecule has 0 spiro atoms. The number of para-hydroxylation sites is 2. The average Bonchev–Trinajstić information content (AvgIpc) is 2.69. The summed E-state index contributed by atoms with van der Waals surface area (Å²) in [6, 6.07) is 20.9. The SMILES string of the molecule is O=C(c1ccc(=O)[nH]n1)N1CCN(Cc2ccccc2)c2ccccc21. The van der Waals surface area contributed by atoms with Crippen molar-refractivity contribution in [2.24, 2.45) is 0 Å². The summed E-state index contributed by atoms with van der Waals surface area (Å²) in [6.07, 6.45) is 0. The second-order valence-corrected chi connectivity index (χ2v) is 6.16. The largest absolute Gasteiger partial charge is 0.364 e. The van der Waals surface area contributed by atoms with Crippen molar-refractivity contribution in [3.05, 3.63) is 88.3 Å². The molecule has 2 aromatic carbocycles. The van der Waals surface area contributed by atoms with Crippen LogP contribution in [0.1, 0.15) is 16.1 Å². The van der Waals surface area contributed by atoms with Crippen LogP contribution < -0.4 is 15.4 Å². The quantitative estimate of drug-likeness (QED) is 0.791. The molecule has 0 unspecified atom stereocenters. The van der Waals surface area contributed by atoms with Crippen molar-refractivity contribution >= 4 is 17.3 Å². The number of carbonyl (C=O) groups excluding carboxylic acids is 1. The van der Waals surface area contributed by atoms with E-state index in [0.717, 1.165) is 24.5 Å². The van der Waals surface area contributed by atoms with Crippen LogP contribution in [0, 0.1) is 0 Å². The van der Waals surface area contributed by atoms with Crippen molar-refractivity contribution in [3.8, 4) is 0 Å². The fraction of sp³-hybridized carbons (Fsp3) is 0.150. The third-order valence-electron chi connectivity index (χ3n) is 4.47. The van der Waals surface area contributed by atoms with E-state index < -0.39 is 0 Å². The summed E-state index contributed by atoms with van der Waals surface area (Å²) in [5.74, 6) is -0.215. The third kappa shape index (κ3) is 3.09. The van der Waals surface area contributed by atoms with Crippen molar-refractivity contribution in [1.82, 2.24) is 10.2 Å². The van der Waals surface area contributed by atoms with E-state index in [2.05, 4.69) is 27.2 Å². The Labute approximate surface area is 150 Å². The molecule has 1 N–H and O–H groups in total. The molecule has 0 saturated carbocycles. The van der Waals surface area contributed by atoms with Gasteiger partial charge in [-0.05, 0) is 23.8 Å². The monoisotopic (exact) mass is 346 g/mol. The molecule has 2 heterocycles. The highest BCUT2D eigenvalue weighted by molar-refractivity contribution is 6.07. The zero-order valence-electron chi connectivity index (χ0n) is 14.1. The van der Waals surface area contributed by atoms with Crippen LogP contribution in [0.15, 0.2) is 71.5 Å². The molecule has 1 aliphatic heterocycles. The topological polar surface area (TPSA) is 69.3 Å². The maximum atomic E-state index is 12.9. The molecule has 0 radical (unpaired) electrons. The van der Waals surface area contributed by atoms with Gasteiger partial charge in [0.2, 0.25) is 0 Å². The van der Waals surface area contributed by atoms with E-state index in [1.807, 2.05) is 42.5 Å². The van der Waals surface area contributed by atoms with Gasteiger partial charge in [-0.2, -0.15) is 5.10 Å². The number of nitrogens with one attached hydrogen (secondary N) is 1. The highest BCUT2D eigenvalue weighted by Crippen LogP contribution is 2.34. The lowest BCUT2D eigenvalue weighted by atomic mass is 10.1. The van der Waals surface area contributed by atoms with Crippen LogP contribution >= 0.6 is 0 Å². The predicted molar refractivity (Wildman–Crippen MR) is 100 cm³/mol. The number of benzene rings is 2. The first-order valence-electron chi connectivity index (χ1n) is 8.48. The Morgan fingerprint density at radius 1 is 0.923 bits per heavy atom. The van der Waals surface area contributed by atoms with Crippen LogP contribution in [-0.2, 0) is 6.54 Å². The molecule has 1 aromatic heterocycles. The first-order chi connectivity index (χ1) is 12.7. The third-order valence-corrected chi connectivity index (χ3v) is 4.47. The van der Waals surface area contributed by atoms with E-state index in [1.54, 1.807) is 4.90 Å². The highest BCUT2D eigenvalue weighted by Gasteiger charge is 2.28. The van der Waals surface area contributed by atoms with Gasteiger partial charge in [0.1, 0.15) is 5.69 Å². The maximum absolute atomic E-state index is 12.9. The number of carbonyl (C=O) groups is 1. The average molecular weight is 346 g/mol. The summed E-state index contributed by atoms with van der Waals surface area (Å²) in [6.45, 7) is 2.07. The van der Waals surface area contributed by atoms with E-state index in [-0.39, 0.29) is 17.2 Å². The molecule has 1 aliphatic rings. The number of fused-ring (bicyclic) bond motifs is 1. The fourth-order valence-electron chi connectivity index (χ4n) is 3.20. The van der Waals surface area contributed by atoms with Crippen molar-refractivity contribution in [3.63, 3.8) is 0 Å². The van der Waals surface area contributed by atoms with Crippen LogP contribution in [-0.4, -0.2) is 29.2 Å². The minimum atomic E-state index is -0.324. The lowest BCUT2D eigenvalue weighted by Crippen LogP contribution is -2.44. The minimum absolute atomic E-state index is 0.215. The summed E-state index contributed by atoms with van der Waals surface area (Å²) in [7, 11) is 0. The van der Waals surface area contributed by atoms with Gasteiger partial charge in [-0.25, -0.2) is 5.10 Å². The molecule has 6 heteroatoms. The lowest BCUT2D eigenvalue weighted by molar-refractivity contribution is 0.0980. The molecule has 26 heavy (non-hydrogen) atoms. The number of hydrogen-bond acceptors (Lipinski definition) is 4. The standard InChI is InChI=1S/C20H18N4O2/c25-19-11-10-16(21-22-19)20(26)24-13-12-23(14-15-6-2-1-3-7-15)17-8-4-5-9-18(17)24/h1-11H,12-14H2,(H,22,25). The van der Waals surface area contributed by atoms with E-state index in [0.29, 0.717) is 6.54 Å². The number of rotatable bonds is 3. The fourth-order valence-corrected chi connectivity index (χ4v) is 3.20. The zero-order chi connectivity index (χ0) is 17.9. The first-order valence-corrected chi connectivity index (χ1v) is 8.48. The summed E-state index contributed by atoms with van der Waals surface area (Å²) in [4.78, 5) is 28.0. The summed E-state index contributed by atoms with van der Waals surface area (Å²) in [5, 5.41) is 6.19. The summed E-state index contributed by atoms with van der Waals surface area (Å²) < 4.78 is 0. The Morgan fingerprint density at radius 3 is 2.38 bits per heavy atom. The second-order valence-electron chi connectivity index (χ2n) is 6.16. The molecule has 4 rings (SSSR count). The smallest absolute Gasteiger partial charge is 0.278 e. The van der Waals surface area contributed by atoms with Gasteiger partial charge < -0.3 is 9.80 Å². The number of amides is 1. The number of hydrogen-bond donors (Lipinski definition) is 1.